The molecule has 82 valence electrons. The summed E-state index contributed by atoms with van der Waals surface area (Å²) in [5.41, 5.74) is 1.31. The first kappa shape index (κ1) is 11.8. The maximum absolute atomic E-state index is 10.6. The Hall–Kier alpha value is -2.28. The predicted octanol–water partition coefficient (Wildman–Crippen LogP) is 1.64. The molecule has 0 amide bonds. The Labute approximate surface area is 94.0 Å². The molecule has 0 aromatic heterocycles. The molecule has 0 saturated heterocycles. The number of likely N-dealkylation sites (N-methyl/N-ethyl adjacent to an activating group) is 1. The fourth-order valence-corrected chi connectivity index (χ4v) is 1.34. The van der Waals surface area contributed by atoms with E-state index in [-0.39, 0.29) is 12.1 Å². The van der Waals surface area contributed by atoms with Gasteiger partial charge in [-0.2, -0.15) is 5.26 Å². The number of benzene rings is 1. The Bertz CT molecular complexity index is 460. The number of hydrogen-bond acceptors (Lipinski definition) is 3. The molecule has 0 radical (unpaired) electrons. The monoisotopic (exact) mass is 216 g/mol. The van der Waals surface area contributed by atoms with Crippen molar-refractivity contribution in [3.63, 3.8) is 0 Å². The van der Waals surface area contributed by atoms with E-state index in [4.69, 9.17) is 10.4 Å². The summed E-state index contributed by atoms with van der Waals surface area (Å²) in [4.78, 5) is 12.3. The van der Waals surface area contributed by atoms with Crippen molar-refractivity contribution in [2.24, 2.45) is 0 Å². The molecular weight excluding hydrogens is 204 g/mol. The minimum absolute atomic E-state index is 0.0928. The Kier molecular flexibility index (Phi) is 3.67. The van der Waals surface area contributed by atoms with Crippen molar-refractivity contribution < 1.29 is 9.90 Å². The molecule has 1 aromatic carbocycles. The van der Waals surface area contributed by atoms with Crippen LogP contribution >= 0.6 is 0 Å². The van der Waals surface area contributed by atoms with E-state index in [1.165, 1.54) is 0 Å². The second kappa shape index (κ2) is 4.99. The van der Waals surface area contributed by atoms with Gasteiger partial charge in [0.1, 0.15) is 6.07 Å². The Morgan fingerprint density at radius 2 is 2.19 bits per heavy atom. The molecule has 0 bridgehead atoms. The quantitative estimate of drug-likeness (QED) is 0.777. The number of carboxylic acid groups (broad SMARTS) is 1. The van der Waals surface area contributed by atoms with E-state index < -0.39 is 5.97 Å². The molecule has 1 N–H and O–H groups in total. The molecule has 0 atom stereocenters. The lowest BCUT2D eigenvalue weighted by Gasteiger charge is -2.20. The zero-order chi connectivity index (χ0) is 12.1. The number of hydrogen-bond donors (Lipinski definition) is 1. The third kappa shape index (κ3) is 2.61. The van der Waals surface area contributed by atoms with Crippen molar-refractivity contribution in [2.75, 3.05) is 18.5 Å². The van der Waals surface area contributed by atoms with E-state index in [0.717, 1.165) is 0 Å². The molecule has 1 rings (SSSR count). The summed E-state index contributed by atoms with van der Waals surface area (Å²) in [5.74, 6) is -1.03. The summed E-state index contributed by atoms with van der Waals surface area (Å²) in [7, 11) is 1.73. The van der Waals surface area contributed by atoms with Crippen LogP contribution in [0.1, 0.15) is 5.56 Å². The van der Waals surface area contributed by atoms with Crippen LogP contribution < -0.4 is 4.90 Å². The van der Waals surface area contributed by atoms with E-state index in [1.54, 1.807) is 36.2 Å². The zero-order valence-electron chi connectivity index (χ0n) is 8.97. The van der Waals surface area contributed by atoms with Gasteiger partial charge in [-0.3, -0.25) is 0 Å². The van der Waals surface area contributed by atoms with E-state index >= 15 is 0 Å². The minimum Gasteiger partial charge on any atom is -0.478 e. The average Bonchev–Trinajstić information content (AvgIpc) is 2.28. The highest BCUT2D eigenvalue weighted by molar-refractivity contribution is 5.87. The Morgan fingerprint density at radius 1 is 1.56 bits per heavy atom. The van der Waals surface area contributed by atoms with Crippen LogP contribution in [0.15, 0.2) is 36.4 Å². The summed E-state index contributed by atoms with van der Waals surface area (Å²) < 4.78 is 0. The fourth-order valence-electron chi connectivity index (χ4n) is 1.34. The molecule has 0 heterocycles. The van der Waals surface area contributed by atoms with Gasteiger partial charge in [0.15, 0.2) is 0 Å². The summed E-state index contributed by atoms with van der Waals surface area (Å²) in [5, 5.41) is 17.6. The third-order valence-electron chi connectivity index (χ3n) is 2.17. The Balaban J connectivity index is 2.89. The van der Waals surface area contributed by atoms with Crippen molar-refractivity contribution in [3.05, 3.63) is 42.0 Å². The normalized spacial score (nSPS) is 9.25. The molecular formula is C12H12N2O2. The van der Waals surface area contributed by atoms with Gasteiger partial charge < -0.3 is 10.0 Å². The lowest BCUT2D eigenvalue weighted by molar-refractivity contribution is -0.132. The van der Waals surface area contributed by atoms with Gasteiger partial charge in [-0.1, -0.05) is 18.7 Å². The minimum atomic E-state index is -1.03. The zero-order valence-corrected chi connectivity index (χ0v) is 8.97. The van der Waals surface area contributed by atoms with E-state index in [0.29, 0.717) is 11.3 Å². The molecule has 4 heteroatoms. The second-order valence-corrected chi connectivity index (χ2v) is 3.39. The predicted molar refractivity (Wildman–Crippen MR) is 61.2 cm³/mol. The van der Waals surface area contributed by atoms with Crippen LogP contribution in [0, 0.1) is 11.3 Å². The standard InChI is InChI=1S/C12H12N2O2/c1-9(12(15)16)8-14(2)11-6-4-3-5-10(11)7-13/h3-6H,1,8H2,2H3,(H,15,16). The van der Waals surface area contributed by atoms with Crippen LogP contribution in [0.2, 0.25) is 0 Å². The van der Waals surface area contributed by atoms with Crippen molar-refractivity contribution in [2.45, 2.75) is 0 Å². The number of aliphatic carboxylic acids is 1. The number of carboxylic acids is 1. The first-order chi connectivity index (χ1) is 7.56. The molecule has 0 aliphatic carbocycles. The van der Waals surface area contributed by atoms with Crippen molar-refractivity contribution in [1.29, 1.82) is 5.26 Å². The van der Waals surface area contributed by atoms with E-state index in [1.807, 2.05) is 0 Å². The number of para-hydroxylation sites is 1. The largest absolute Gasteiger partial charge is 0.478 e. The molecule has 1 aromatic rings. The molecule has 0 saturated carbocycles. The lowest BCUT2D eigenvalue weighted by Crippen LogP contribution is -2.23. The van der Waals surface area contributed by atoms with Gasteiger partial charge in [0, 0.05) is 19.2 Å². The smallest absolute Gasteiger partial charge is 0.332 e. The number of nitrogens with zero attached hydrogens (tertiary/aromatic N) is 2. The molecule has 16 heavy (non-hydrogen) atoms. The molecule has 4 nitrogen and oxygen atoms in total. The number of rotatable bonds is 4. The first-order valence-electron chi connectivity index (χ1n) is 4.67. The molecule has 0 fully saturated rings. The fraction of sp³-hybridized carbons (Fsp3) is 0.167. The van der Waals surface area contributed by atoms with Crippen molar-refractivity contribution in [3.8, 4) is 6.07 Å². The first-order valence-corrected chi connectivity index (χ1v) is 4.67. The van der Waals surface area contributed by atoms with Gasteiger partial charge in [-0.05, 0) is 12.1 Å². The van der Waals surface area contributed by atoms with Gasteiger partial charge in [-0.15, -0.1) is 0 Å². The van der Waals surface area contributed by atoms with Crippen molar-refractivity contribution in [1.82, 2.24) is 0 Å². The molecule has 0 aliphatic heterocycles. The number of nitriles is 1. The number of carbonyl (C=O) groups is 1. The highest BCUT2D eigenvalue weighted by Crippen LogP contribution is 2.18. The number of anilines is 1. The van der Waals surface area contributed by atoms with Gasteiger partial charge in [0.25, 0.3) is 0 Å². The van der Waals surface area contributed by atoms with Crippen LogP contribution in [0.3, 0.4) is 0 Å². The second-order valence-electron chi connectivity index (χ2n) is 3.39. The van der Waals surface area contributed by atoms with Gasteiger partial charge in [-0.25, -0.2) is 4.79 Å². The summed E-state index contributed by atoms with van der Waals surface area (Å²) in [6.45, 7) is 3.64. The van der Waals surface area contributed by atoms with Gasteiger partial charge >= 0.3 is 5.97 Å². The maximum Gasteiger partial charge on any atom is 0.332 e. The highest BCUT2D eigenvalue weighted by Gasteiger charge is 2.10. The van der Waals surface area contributed by atoms with E-state index in [2.05, 4.69) is 12.6 Å². The summed E-state index contributed by atoms with van der Waals surface area (Å²) in [6.07, 6.45) is 0. The summed E-state index contributed by atoms with van der Waals surface area (Å²) in [6, 6.07) is 9.09. The third-order valence-corrected chi connectivity index (χ3v) is 2.17. The van der Waals surface area contributed by atoms with Crippen LogP contribution in [0.4, 0.5) is 5.69 Å². The maximum atomic E-state index is 10.6. The van der Waals surface area contributed by atoms with Crippen LogP contribution in [-0.2, 0) is 4.79 Å². The highest BCUT2D eigenvalue weighted by atomic mass is 16.4. The van der Waals surface area contributed by atoms with Crippen LogP contribution in [-0.4, -0.2) is 24.7 Å². The van der Waals surface area contributed by atoms with Gasteiger partial charge in [0.2, 0.25) is 0 Å². The van der Waals surface area contributed by atoms with Crippen LogP contribution in [0.25, 0.3) is 0 Å². The lowest BCUT2D eigenvalue weighted by atomic mass is 10.1. The van der Waals surface area contributed by atoms with Gasteiger partial charge in [0.05, 0.1) is 11.3 Å². The topological polar surface area (TPSA) is 64.3 Å². The SMILES string of the molecule is C=C(CN(C)c1ccccc1C#N)C(=O)O. The molecule has 0 unspecified atom stereocenters. The van der Waals surface area contributed by atoms with Crippen LogP contribution in [0.5, 0.6) is 0 Å². The molecule has 0 aliphatic rings. The van der Waals surface area contributed by atoms with Crippen molar-refractivity contribution >= 4 is 11.7 Å². The average molecular weight is 216 g/mol. The van der Waals surface area contributed by atoms with E-state index in [9.17, 15) is 4.79 Å². The summed E-state index contributed by atoms with van der Waals surface area (Å²) >= 11 is 0. The Morgan fingerprint density at radius 3 is 2.75 bits per heavy atom. The molecule has 0 spiro atoms.